The highest BCUT2D eigenvalue weighted by molar-refractivity contribution is 5.46. The first-order chi connectivity index (χ1) is 9.99. The summed E-state index contributed by atoms with van der Waals surface area (Å²) in [5.74, 6) is 2.30. The van der Waals surface area contributed by atoms with Crippen molar-refractivity contribution in [3.05, 3.63) is 23.8 Å². The van der Waals surface area contributed by atoms with Gasteiger partial charge in [-0.1, -0.05) is 26.0 Å². The summed E-state index contributed by atoms with van der Waals surface area (Å²) in [4.78, 5) is 2.29. The van der Waals surface area contributed by atoms with Gasteiger partial charge in [0.1, 0.15) is 0 Å². The second-order valence-corrected chi connectivity index (χ2v) is 6.03. The van der Waals surface area contributed by atoms with Gasteiger partial charge in [0.15, 0.2) is 11.5 Å². The van der Waals surface area contributed by atoms with E-state index in [1.807, 2.05) is 12.1 Å². The van der Waals surface area contributed by atoms with Crippen LogP contribution in [0.15, 0.2) is 18.2 Å². The third kappa shape index (κ3) is 5.56. The smallest absolute Gasteiger partial charge is 0.165 e. The van der Waals surface area contributed by atoms with Crippen LogP contribution in [0.5, 0.6) is 11.5 Å². The number of nitrogens with zero attached hydrogens (tertiary/aromatic N) is 1. The summed E-state index contributed by atoms with van der Waals surface area (Å²) < 4.78 is 10.8. The fraction of sp³-hybridized carbons (Fsp3) is 0.647. The summed E-state index contributed by atoms with van der Waals surface area (Å²) in [5.41, 5.74) is 1.12. The Bertz CT molecular complexity index is 419. The average Bonchev–Trinajstić information content (AvgIpc) is 2.45. The minimum Gasteiger partial charge on any atom is -0.493 e. The molecule has 0 bridgehead atoms. The number of hydrogen-bond acceptors (Lipinski definition) is 4. The maximum absolute atomic E-state index is 5.46. The molecule has 0 aliphatic heterocycles. The van der Waals surface area contributed by atoms with Gasteiger partial charge in [-0.05, 0) is 32.5 Å². The number of nitrogens with one attached hydrogen (secondary N) is 1. The van der Waals surface area contributed by atoms with Gasteiger partial charge in [0.05, 0.1) is 14.2 Å². The third-order valence-corrected chi connectivity index (χ3v) is 3.65. The normalized spacial score (nSPS) is 12.8. The van der Waals surface area contributed by atoms with Crippen molar-refractivity contribution in [2.75, 3.05) is 34.9 Å². The van der Waals surface area contributed by atoms with Gasteiger partial charge in [-0.25, -0.2) is 0 Å². The monoisotopic (exact) mass is 294 g/mol. The molecule has 0 saturated heterocycles. The minimum absolute atomic E-state index is 0.543. The first-order valence-electron chi connectivity index (χ1n) is 7.56. The molecule has 0 amide bonds. The molecule has 1 aromatic rings. The topological polar surface area (TPSA) is 33.7 Å². The second kappa shape index (κ2) is 8.90. The zero-order chi connectivity index (χ0) is 15.8. The van der Waals surface area contributed by atoms with Crippen LogP contribution in [-0.4, -0.2) is 45.8 Å². The number of likely N-dealkylation sites (N-methyl/N-ethyl adjacent to an activating group) is 1. The van der Waals surface area contributed by atoms with Crippen LogP contribution in [-0.2, 0) is 6.54 Å². The number of hydrogen-bond donors (Lipinski definition) is 1. The Hall–Kier alpha value is -1.26. The first kappa shape index (κ1) is 17.8. The lowest BCUT2D eigenvalue weighted by atomic mass is 10.0. The molecule has 0 spiro atoms. The SMILES string of the molecule is COc1cccc(CNCC(CC(C)C)N(C)C)c1OC. The summed E-state index contributed by atoms with van der Waals surface area (Å²) in [7, 11) is 7.63. The molecule has 1 aromatic carbocycles. The number of ether oxygens (including phenoxy) is 2. The van der Waals surface area contributed by atoms with E-state index in [2.05, 4.69) is 44.2 Å². The Morgan fingerprint density at radius 3 is 2.38 bits per heavy atom. The highest BCUT2D eigenvalue weighted by Crippen LogP contribution is 2.30. The zero-order valence-electron chi connectivity index (χ0n) is 14.3. The standard InChI is InChI=1S/C17H30N2O2/c1-13(2)10-15(19(3)4)12-18-11-14-8-7-9-16(20-5)17(14)21-6/h7-9,13,15,18H,10-12H2,1-6H3. The highest BCUT2D eigenvalue weighted by Gasteiger charge is 2.14. The zero-order valence-corrected chi connectivity index (χ0v) is 14.3. The molecule has 0 fully saturated rings. The van der Waals surface area contributed by atoms with Gasteiger partial charge in [-0.3, -0.25) is 0 Å². The lowest BCUT2D eigenvalue weighted by Crippen LogP contribution is -2.38. The van der Waals surface area contributed by atoms with E-state index in [9.17, 15) is 0 Å². The minimum atomic E-state index is 0.543. The lowest BCUT2D eigenvalue weighted by molar-refractivity contribution is 0.246. The molecule has 0 aliphatic carbocycles. The lowest BCUT2D eigenvalue weighted by Gasteiger charge is -2.26. The third-order valence-electron chi connectivity index (χ3n) is 3.65. The van der Waals surface area contributed by atoms with E-state index in [0.717, 1.165) is 30.2 Å². The number of methoxy groups -OCH3 is 2. The molecule has 0 radical (unpaired) electrons. The molecule has 120 valence electrons. The summed E-state index contributed by atoms with van der Waals surface area (Å²) in [6.45, 7) is 6.28. The van der Waals surface area contributed by atoms with Gasteiger partial charge >= 0.3 is 0 Å². The summed E-state index contributed by atoms with van der Waals surface area (Å²) >= 11 is 0. The van der Waals surface area contributed by atoms with Gasteiger partial charge in [0.2, 0.25) is 0 Å². The first-order valence-corrected chi connectivity index (χ1v) is 7.56. The van der Waals surface area contributed by atoms with Crippen molar-refractivity contribution in [1.82, 2.24) is 10.2 Å². The van der Waals surface area contributed by atoms with E-state index >= 15 is 0 Å². The van der Waals surface area contributed by atoms with E-state index in [0.29, 0.717) is 12.0 Å². The molecule has 0 saturated carbocycles. The van der Waals surface area contributed by atoms with Crippen LogP contribution in [0.2, 0.25) is 0 Å². The van der Waals surface area contributed by atoms with E-state index < -0.39 is 0 Å². The number of para-hydroxylation sites is 1. The van der Waals surface area contributed by atoms with E-state index in [1.54, 1.807) is 14.2 Å². The molecule has 1 unspecified atom stereocenters. The fourth-order valence-electron chi connectivity index (χ4n) is 2.49. The Balaban J connectivity index is 2.62. The fourth-order valence-corrected chi connectivity index (χ4v) is 2.49. The predicted octanol–water partition coefficient (Wildman–Crippen LogP) is 2.77. The molecular formula is C17H30N2O2. The Morgan fingerprint density at radius 1 is 1.14 bits per heavy atom. The Labute approximate surface area is 129 Å². The number of rotatable bonds is 9. The maximum atomic E-state index is 5.46. The van der Waals surface area contributed by atoms with Gasteiger partial charge in [-0.15, -0.1) is 0 Å². The Morgan fingerprint density at radius 2 is 1.86 bits per heavy atom. The van der Waals surface area contributed by atoms with Gasteiger partial charge < -0.3 is 19.7 Å². The molecule has 1 N–H and O–H groups in total. The summed E-state index contributed by atoms with van der Waals surface area (Å²) in [6.07, 6.45) is 1.19. The van der Waals surface area contributed by atoms with Crippen molar-refractivity contribution in [1.29, 1.82) is 0 Å². The number of benzene rings is 1. The molecule has 1 rings (SSSR count). The summed E-state index contributed by atoms with van der Waals surface area (Å²) in [5, 5.41) is 3.54. The molecule has 21 heavy (non-hydrogen) atoms. The van der Waals surface area contributed by atoms with Crippen LogP contribution < -0.4 is 14.8 Å². The summed E-state index contributed by atoms with van der Waals surface area (Å²) in [6, 6.07) is 6.53. The van der Waals surface area contributed by atoms with E-state index in [4.69, 9.17) is 9.47 Å². The molecule has 0 aliphatic rings. The van der Waals surface area contributed by atoms with E-state index in [1.165, 1.54) is 6.42 Å². The van der Waals surface area contributed by atoms with Gasteiger partial charge in [0, 0.05) is 24.7 Å². The van der Waals surface area contributed by atoms with Crippen molar-refractivity contribution in [3.8, 4) is 11.5 Å². The maximum Gasteiger partial charge on any atom is 0.165 e. The van der Waals surface area contributed by atoms with Crippen LogP contribution in [0.25, 0.3) is 0 Å². The Kier molecular flexibility index (Phi) is 7.54. The van der Waals surface area contributed by atoms with Crippen molar-refractivity contribution < 1.29 is 9.47 Å². The van der Waals surface area contributed by atoms with Gasteiger partial charge in [-0.2, -0.15) is 0 Å². The van der Waals surface area contributed by atoms with Crippen LogP contribution in [0.4, 0.5) is 0 Å². The van der Waals surface area contributed by atoms with Crippen LogP contribution in [0, 0.1) is 5.92 Å². The van der Waals surface area contributed by atoms with Crippen LogP contribution in [0.3, 0.4) is 0 Å². The molecule has 4 nitrogen and oxygen atoms in total. The van der Waals surface area contributed by atoms with Crippen molar-refractivity contribution in [2.24, 2.45) is 5.92 Å². The van der Waals surface area contributed by atoms with Crippen molar-refractivity contribution in [2.45, 2.75) is 32.9 Å². The largest absolute Gasteiger partial charge is 0.493 e. The molecule has 0 heterocycles. The predicted molar refractivity (Wildman–Crippen MR) is 88.2 cm³/mol. The molecule has 1 atom stereocenters. The van der Waals surface area contributed by atoms with Crippen LogP contribution in [0.1, 0.15) is 25.8 Å². The second-order valence-electron chi connectivity index (χ2n) is 6.03. The molecule has 4 heteroatoms. The van der Waals surface area contributed by atoms with Crippen LogP contribution >= 0.6 is 0 Å². The molecular weight excluding hydrogens is 264 g/mol. The quantitative estimate of drug-likeness (QED) is 0.759. The van der Waals surface area contributed by atoms with Crippen molar-refractivity contribution in [3.63, 3.8) is 0 Å². The van der Waals surface area contributed by atoms with E-state index in [-0.39, 0.29) is 0 Å². The average molecular weight is 294 g/mol. The van der Waals surface area contributed by atoms with Gasteiger partial charge in [0.25, 0.3) is 0 Å². The van der Waals surface area contributed by atoms with Crippen molar-refractivity contribution >= 4 is 0 Å². The molecule has 0 aromatic heterocycles. The highest BCUT2D eigenvalue weighted by atomic mass is 16.5.